The number of aliphatic hydroxyl groups is 1. The molecule has 1 aromatic carbocycles. The van der Waals surface area contributed by atoms with Crippen molar-refractivity contribution in [3.63, 3.8) is 0 Å². The van der Waals surface area contributed by atoms with Gasteiger partial charge in [-0.3, -0.25) is 4.79 Å². The van der Waals surface area contributed by atoms with Gasteiger partial charge in [0, 0.05) is 0 Å². The Morgan fingerprint density at radius 3 is 2.22 bits per heavy atom. The summed E-state index contributed by atoms with van der Waals surface area (Å²) in [5.74, 6) is -0.440. The van der Waals surface area contributed by atoms with Gasteiger partial charge in [-0.15, -0.1) is 0 Å². The molecule has 0 radical (unpaired) electrons. The number of ether oxygens (including phenoxy) is 1. The predicted octanol–water partition coefficient (Wildman–Crippen LogP) is 2.87. The van der Waals surface area contributed by atoms with E-state index in [0.717, 1.165) is 5.56 Å². The van der Waals surface area contributed by atoms with E-state index in [2.05, 4.69) is 0 Å². The molecule has 3 nitrogen and oxygen atoms in total. The normalized spacial score (nSPS) is 14.6. The van der Waals surface area contributed by atoms with E-state index in [1.54, 1.807) is 13.8 Å². The lowest BCUT2D eigenvalue weighted by Gasteiger charge is -2.32. The highest BCUT2D eigenvalue weighted by atomic mass is 16.5. The molecule has 100 valence electrons. The van der Waals surface area contributed by atoms with Crippen LogP contribution in [0.25, 0.3) is 0 Å². The molecule has 0 aliphatic carbocycles. The monoisotopic (exact) mass is 250 g/mol. The van der Waals surface area contributed by atoms with Gasteiger partial charge in [0.25, 0.3) is 0 Å². The number of benzene rings is 1. The van der Waals surface area contributed by atoms with Crippen molar-refractivity contribution in [2.75, 3.05) is 0 Å². The molecule has 0 heterocycles. The maximum Gasteiger partial charge on any atom is 0.309 e. The second-order valence-corrected chi connectivity index (χ2v) is 5.16. The Balaban J connectivity index is 2.92. The number of rotatable bonds is 5. The van der Waals surface area contributed by atoms with Gasteiger partial charge in [0.05, 0.1) is 12.5 Å². The van der Waals surface area contributed by atoms with Crippen molar-refractivity contribution in [1.29, 1.82) is 0 Å². The van der Waals surface area contributed by atoms with Crippen molar-refractivity contribution in [1.82, 2.24) is 0 Å². The minimum Gasteiger partial charge on any atom is -0.463 e. The minimum atomic E-state index is -1.17. The largest absolute Gasteiger partial charge is 0.463 e. The standard InChI is InChI=1S/C15H22O3/c1-11(2)15(17,10-14(16)18-12(3)4)13-8-6-5-7-9-13/h5-9,11-12,17H,10H2,1-4H3. The van der Waals surface area contributed by atoms with Crippen molar-refractivity contribution >= 4 is 5.97 Å². The second-order valence-electron chi connectivity index (χ2n) is 5.16. The minimum absolute atomic E-state index is 0.0210. The molecule has 0 aliphatic heterocycles. The molecule has 1 rings (SSSR count). The lowest BCUT2D eigenvalue weighted by molar-refractivity contribution is -0.155. The molecule has 0 spiro atoms. The molecule has 1 unspecified atom stereocenters. The van der Waals surface area contributed by atoms with E-state index >= 15 is 0 Å². The molecule has 1 atom stereocenters. The van der Waals surface area contributed by atoms with Crippen molar-refractivity contribution in [3.05, 3.63) is 35.9 Å². The van der Waals surface area contributed by atoms with Crippen LogP contribution in [0.3, 0.4) is 0 Å². The smallest absolute Gasteiger partial charge is 0.309 e. The summed E-state index contributed by atoms with van der Waals surface area (Å²) in [4.78, 5) is 11.8. The van der Waals surface area contributed by atoms with Crippen LogP contribution in [0, 0.1) is 5.92 Å². The summed E-state index contributed by atoms with van der Waals surface area (Å²) >= 11 is 0. The molecule has 3 heteroatoms. The Morgan fingerprint density at radius 2 is 1.78 bits per heavy atom. The third kappa shape index (κ3) is 3.57. The molecule has 1 N–H and O–H groups in total. The topological polar surface area (TPSA) is 46.5 Å². The van der Waals surface area contributed by atoms with Crippen LogP contribution in [0.5, 0.6) is 0 Å². The van der Waals surface area contributed by atoms with Gasteiger partial charge in [0.15, 0.2) is 0 Å². The first-order valence-corrected chi connectivity index (χ1v) is 6.33. The Labute approximate surface area is 109 Å². The molecule has 0 saturated heterocycles. The SMILES string of the molecule is CC(C)OC(=O)CC(O)(c1ccccc1)C(C)C. The number of esters is 1. The summed E-state index contributed by atoms with van der Waals surface area (Å²) in [6.45, 7) is 7.40. The van der Waals surface area contributed by atoms with Gasteiger partial charge in [-0.25, -0.2) is 0 Å². The summed E-state index contributed by atoms with van der Waals surface area (Å²) in [7, 11) is 0. The first kappa shape index (κ1) is 14.7. The van der Waals surface area contributed by atoms with Crippen LogP contribution in [0.15, 0.2) is 30.3 Å². The molecule has 0 aliphatic rings. The Bertz CT molecular complexity index is 384. The predicted molar refractivity (Wildman–Crippen MR) is 71.0 cm³/mol. The highest BCUT2D eigenvalue weighted by Gasteiger charge is 2.36. The van der Waals surface area contributed by atoms with Crippen LogP contribution in [-0.2, 0) is 15.1 Å². The maximum atomic E-state index is 11.8. The van der Waals surface area contributed by atoms with E-state index < -0.39 is 5.60 Å². The molecule has 1 aromatic rings. The molecular weight excluding hydrogens is 228 g/mol. The van der Waals surface area contributed by atoms with Crippen LogP contribution in [0.4, 0.5) is 0 Å². The zero-order chi connectivity index (χ0) is 13.8. The summed E-state index contributed by atoms with van der Waals surface area (Å²) in [5.41, 5.74) is -0.423. The van der Waals surface area contributed by atoms with E-state index in [0.29, 0.717) is 0 Å². The summed E-state index contributed by atoms with van der Waals surface area (Å²) in [6, 6.07) is 9.27. The zero-order valence-electron chi connectivity index (χ0n) is 11.5. The fraction of sp³-hybridized carbons (Fsp3) is 0.533. The first-order chi connectivity index (χ1) is 8.36. The van der Waals surface area contributed by atoms with E-state index in [9.17, 15) is 9.90 Å². The summed E-state index contributed by atoms with van der Waals surface area (Å²) < 4.78 is 5.12. The van der Waals surface area contributed by atoms with E-state index in [1.165, 1.54) is 0 Å². The third-order valence-electron chi connectivity index (χ3n) is 3.01. The highest BCUT2D eigenvalue weighted by Crippen LogP contribution is 2.33. The van der Waals surface area contributed by atoms with Gasteiger partial charge in [-0.05, 0) is 25.3 Å². The van der Waals surface area contributed by atoms with E-state index in [4.69, 9.17) is 4.74 Å². The Kier molecular flexibility index (Phi) is 4.91. The lowest BCUT2D eigenvalue weighted by atomic mass is 9.81. The third-order valence-corrected chi connectivity index (χ3v) is 3.01. The fourth-order valence-electron chi connectivity index (χ4n) is 1.89. The number of carbonyl (C=O) groups is 1. The molecule has 0 bridgehead atoms. The summed E-state index contributed by atoms with van der Waals surface area (Å²) in [5, 5.41) is 10.7. The molecule has 0 aromatic heterocycles. The van der Waals surface area contributed by atoms with Crippen LogP contribution in [0.1, 0.15) is 39.7 Å². The molecular formula is C15H22O3. The maximum absolute atomic E-state index is 11.8. The average molecular weight is 250 g/mol. The van der Waals surface area contributed by atoms with E-state index in [-0.39, 0.29) is 24.4 Å². The fourth-order valence-corrected chi connectivity index (χ4v) is 1.89. The number of hydrogen-bond acceptors (Lipinski definition) is 3. The van der Waals surface area contributed by atoms with Gasteiger partial charge in [0.1, 0.15) is 5.60 Å². The summed E-state index contributed by atoms with van der Waals surface area (Å²) in [6.07, 6.45) is -0.183. The lowest BCUT2D eigenvalue weighted by Crippen LogP contribution is -2.35. The Morgan fingerprint density at radius 1 is 1.22 bits per heavy atom. The highest BCUT2D eigenvalue weighted by molar-refractivity contribution is 5.71. The van der Waals surface area contributed by atoms with Crippen LogP contribution in [-0.4, -0.2) is 17.2 Å². The van der Waals surface area contributed by atoms with Crippen LogP contribution < -0.4 is 0 Å². The van der Waals surface area contributed by atoms with Gasteiger partial charge in [-0.1, -0.05) is 44.2 Å². The van der Waals surface area contributed by atoms with E-state index in [1.807, 2.05) is 44.2 Å². The Hall–Kier alpha value is -1.35. The van der Waals surface area contributed by atoms with Gasteiger partial charge < -0.3 is 9.84 Å². The first-order valence-electron chi connectivity index (χ1n) is 6.33. The zero-order valence-corrected chi connectivity index (χ0v) is 11.5. The van der Waals surface area contributed by atoms with Crippen molar-refractivity contribution in [3.8, 4) is 0 Å². The molecule has 0 fully saturated rings. The van der Waals surface area contributed by atoms with Crippen molar-refractivity contribution in [2.45, 2.75) is 45.8 Å². The van der Waals surface area contributed by atoms with Crippen molar-refractivity contribution in [2.24, 2.45) is 5.92 Å². The molecule has 18 heavy (non-hydrogen) atoms. The second kappa shape index (κ2) is 6.01. The number of carbonyl (C=O) groups excluding carboxylic acids is 1. The van der Waals surface area contributed by atoms with Crippen molar-refractivity contribution < 1.29 is 14.6 Å². The number of hydrogen-bond donors (Lipinski definition) is 1. The quantitative estimate of drug-likeness (QED) is 0.817. The molecule has 0 saturated carbocycles. The van der Waals surface area contributed by atoms with Gasteiger partial charge >= 0.3 is 5.97 Å². The van der Waals surface area contributed by atoms with Crippen LogP contribution in [0.2, 0.25) is 0 Å². The average Bonchev–Trinajstić information content (AvgIpc) is 2.28. The van der Waals surface area contributed by atoms with Crippen LogP contribution >= 0.6 is 0 Å². The van der Waals surface area contributed by atoms with Gasteiger partial charge in [-0.2, -0.15) is 0 Å². The van der Waals surface area contributed by atoms with Gasteiger partial charge in [0.2, 0.25) is 0 Å². The molecule has 0 amide bonds.